The number of nitrogens with zero attached hydrogens (tertiary/aromatic N) is 2. The molecular formula is C19H16ClF2N3O. The van der Waals surface area contributed by atoms with E-state index in [1.165, 1.54) is 28.9 Å². The van der Waals surface area contributed by atoms with E-state index in [0.29, 0.717) is 22.5 Å². The maximum Gasteiger partial charge on any atom is 0.261 e. The first kappa shape index (κ1) is 18.1. The Bertz CT molecular complexity index is 985. The van der Waals surface area contributed by atoms with Gasteiger partial charge in [0.15, 0.2) is 0 Å². The van der Waals surface area contributed by atoms with Gasteiger partial charge in [-0.3, -0.25) is 4.79 Å². The number of aryl methyl sites for hydroxylation is 2. The lowest BCUT2D eigenvalue weighted by molar-refractivity contribution is 0.102. The molecule has 0 atom stereocenters. The fourth-order valence-electron chi connectivity index (χ4n) is 2.60. The topological polar surface area (TPSA) is 46.9 Å². The third kappa shape index (κ3) is 3.60. The van der Waals surface area contributed by atoms with Crippen LogP contribution in [0.5, 0.6) is 0 Å². The molecule has 0 radical (unpaired) electrons. The van der Waals surface area contributed by atoms with Gasteiger partial charge in [-0.05, 0) is 43.2 Å². The van der Waals surface area contributed by atoms with E-state index < -0.39 is 11.7 Å². The minimum Gasteiger partial charge on any atom is -0.306 e. The van der Waals surface area contributed by atoms with Crippen LogP contribution in [0.3, 0.4) is 0 Å². The van der Waals surface area contributed by atoms with Crippen molar-refractivity contribution in [3.05, 3.63) is 81.5 Å². The lowest BCUT2D eigenvalue weighted by atomic mass is 10.1. The highest BCUT2D eigenvalue weighted by Crippen LogP contribution is 2.25. The average molecular weight is 376 g/mol. The first-order chi connectivity index (χ1) is 12.4. The van der Waals surface area contributed by atoms with Crippen LogP contribution in [0.4, 0.5) is 14.6 Å². The predicted octanol–water partition coefficient (Wildman–Crippen LogP) is 4.73. The summed E-state index contributed by atoms with van der Waals surface area (Å²) in [5.41, 5.74) is 1.76. The number of hydrogen-bond donors (Lipinski definition) is 1. The maximum atomic E-state index is 14.1. The molecule has 0 aliphatic heterocycles. The monoisotopic (exact) mass is 375 g/mol. The molecule has 0 aliphatic carbocycles. The maximum absolute atomic E-state index is 14.1. The molecule has 0 unspecified atom stereocenters. The van der Waals surface area contributed by atoms with Crippen LogP contribution in [0.1, 0.15) is 27.0 Å². The molecule has 3 rings (SSSR count). The summed E-state index contributed by atoms with van der Waals surface area (Å²) in [6.45, 7) is 3.71. The first-order valence-electron chi connectivity index (χ1n) is 7.89. The molecule has 4 nitrogen and oxygen atoms in total. The number of carbonyl (C=O) groups is 1. The molecule has 1 heterocycles. The van der Waals surface area contributed by atoms with E-state index in [1.807, 2.05) is 0 Å². The van der Waals surface area contributed by atoms with Crippen LogP contribution in [0.15, 0.2) is 42.6 Å². The van der Waals surface area contributed by atoms with Crippen molar-refractivity contribution in [2.45, 2.75) is 20.4 Å². The van der Waals surface area contributed by atoms with Gasteiger partial charge in [0, 0.05) is 5.56 Å². The van der Waals surface area contributed by atoms with Crippen LogP contribution >= 0.6 is 11.6 Å². The van der Waals surface area contributed by atoms with E-state index in [2.05, 4.69) is 10.4 Å². The predicted molar refractivity (Wildman–Crippen MR) is 96.6 cm³/mol. The Morgan fingerprint density at radius 3 is 2.69 bits per heavy atom. The molecule has 1 amide bonds. The Morgan fingerprint density at radius 2 is 1.96 bits per heavy atom. The molecule has 0 bridgehead atoms. The highest BCUT2D eigenvalue weighted by Gasteiger charge is 2.20. The van der Waals surface area contributed by atoms with E-state index in [4.69, 9.17) is 11.6 Å². The standard InChI is InChI=1S/C19H16ClF2N3O/c1-11-6-7-15(22)16(17(11)20)19(26)24-18-12(2)9-23-25(18)10-13-4-3-5-14(21)8-13/h3-9H,10H2,1-2H3,(H,24,26). The summed E-state index contributed by atoms with van der Waals surface area (Å²) >= 11 is 6.10. The molecular weight excluding hydrogens is 360 g/mol. The first-order valence-corrected chi connectivity index (χ1v) is 8.27. The van der Waals surface area contributed by atoms with Crippen molar-refractivity contribution in [2.75, 3.05) is 5.32 Å². The minimum atomic E-state index is -0.702. The molecule has 1 N–H and O–H groups in total. The third-order valence-corrected chi connectivity index (χ3v) is 4.47. The highest BCUT2D eigenvalue weighted by atomic mass is 35.5. The second kappa shape index (κ2) is 7.25. The number of carbonyl (C=O) groups excluding carboxylic acids is 1. The summed E-state index contributed by atoms with van der Waals surface area (Å²) in [5.74, 6) is -1.32. The molecule has 1 aromatic heterocycles. The molecule has 26 heavy (non-hydrogen) atoms. The van der Waals surface area contributed by atoms with Crippen molar-refractivity contribution in [1.29, 1.82) is 0 Å². The van der Waals surface area contributed by atoms with Gasteiger partial charge in [0.05, 0.1) is 23.3 Å². The van der Waals surface area contributed by atoms with Crippen molar-refractivity contribution in [1.82, 2.24) is 9.78 Å². The van der Waals surface area contributed by atoms with Gasteiger partial charge in [0.1, 0.15) is 17.5 Å². The number of aromatic nitrogens is 2. The highest BCUT2D eigenvalue weighted by molar-refractivity contribution is 6.35. The van der Waals surface area contributed by atoms with Crippen molar-refractivity contribution in [2.24, 2.45) is 0 Å². The summed E-state index contributed by atoms with van der Waals surface area (Å²) < 4.78 is 29.0. The fraction of sp³-hybridized carbons (Fsp3) is 0.158. The van der Waals surface area contributed by atoms with Gasteiger partial charge in [-0.2, -0.15) is 5.10 Å². The summed E-state index contributed by atoms with van der Waals surface area (Å²) in [5, 5.41) is 6.93. The number of amides is 1. The molecule has 0 aliphatic rings. The summed E-state index contributed by atoms with van der Waals surface area (Å²) in [7, 11) is 0. The van der Waals surface area contributed by atoms with Gasteiger partial charge in [0.2, 0.25) is 0 Å². The second-order valence-corrected chi connectivity index (χ2v) is 6.35. The third-order valence-electron chi connectivity index (χ3n) is 3.99. The van der Waals surface area contributed by atoms with E-state index in [9.17, 15) is 13.6 Å². The molecule has 0 fully saturated rings. The Kier molecular flexibility index (Phi) is 5.04. The molecule has 0 saturated carbocycles. The Balaban J connectivity index is 1.90. The molecule has 0 saturated heterocycles. The summed E-state index contributed by atoms with van der Waals surface area (Å²) in [4.78, 5) is 12.6. The van der Waals surface area contributed by atoms with Gasteiger partial charge < -0.3 is 5.32 Å². The van der Waals surface area contributed by atoms with Crippen LogP contribution in [0, 0.1) is 25.5 Å². The number of halogens is 3. The van der Waals surface area contributed by atoms with E-state index >= 15 is 0 Å². The fourth-order valence-corrected chi connectivity index (χ4v) is 2.84. The molecule has 0 spiro atoms. The van der Waals surface area contributed by atoms with Crippen LogP contribution in [-0.4, -0.2) is 15.7 Å². The van der Waals surface area contributed by atoms with Gasteiger partial charge in [-0.25, -0.2) is 13.5 Å². The van der Waals surface area contributed by atoms with E-state index in [1.54, 1.807) is 32.2 Å². The Hall–Kier alpha value is -2.73. The molecule has 2 aromatic carbocycles. The van der Waals surface area contributed by atoms with Crippen LogP contribution in [-0.2, 0) is 6.54 Å². The zero-order valence-electron chi connectivity index (χ0n) is 14.2. The average Bonchev–Trinajstić information content (AvgIpc) is 2.92. The van der Waals surface area contributed by atoms with Crippen molar-refractivity contribution in [3.63, 3.8) is 0 Å². The molecule has 7 heteroatoms. The van der Waals surface area contributed by atoms with Gasteiger partial charge >= 0.3 is 0 Å². The van der Waals surface area contributed by atoms with E-state index in [0.717, 1.165) is 0 Å². The van der Waals surface area contributed by atoms with E-state index in [-0.39, 0.29) is 22.9 Å². The van der Waals surface area contributed by atoms with Crippen molar-refractivity contribution in [3.8, 4) is 0 Å². The zero-order valence-corrected chi connectivity index (χ0v) is 14.9. The van der Waals surface area contributed by atoms with Gasteiger partial charge in [-0.1, -0.05) is 29.8 Å². The lowest BCUT2D eigenvalue weighted by Crippen LogP contribution is -2.19. The van der Waals surface area contributed by atoms with Crippen LogP contribution in [0.2, 0.25) is 5.02 Å². The van der Waals surface area contributed by atoms with Gasteiger partial charge in [-0.15, -0.1) is 0 Å². The normalized spacial score (nSPS) is 10.8. The number of nitrogens with one attached hydrogen (secondary N) is 1. The smallest absolute Gasteiger partial charge is 0.261 e. The Labute approximate surface area is 154 Å². The number of benzene rings is 2. The number of rotatable bonds is 4. The summed E-state index contributed by atoms with van der Waals surface area (Å²) in [6, 6.07) is 8.80. The number of anilines is 1. The van der Waals surface area contributed by atoms with Crippen LogP contribution < -0.4 is 5.32 Å². The molecule has 3 aromatic rings. The minimum absolute atomic E-state index is 0.0661. The quantitative estimate of drug-likeness (QED) is 0.716. The van der Waals surface area contributed by atoms with Gasteiger partial charge in [0.25, 0.3) is 5.91 Å². The van der Waals surface area contributed by atoms with Crippen molar-refractivity contribution < 1.29 is 13.6 Å². The SMILES string of the molecule is Cc1ccc(F)c(C(=O)Nc2c(C)cnn2Cc2cccc(F)c2)c1Cl. The number of hydrogen-bond acceptors (Lipinski definition) is 2. The largest absolute Gasteiger partial charge is 0.306 e. The summed E-state index contributed by atoms with van der Waals surface area (Å²) in [6.07, 6.45) is 1.57. The second-order valence-electron chi connectivity index (χ2n) is 5.97. The zero-order chi connectivity index (χ0) is 18.8. The van der Waals surface area contributed by atoms with Crippen LogP contribution in [0.25, 0.3) is 0 Å². The Morgan fingerprint density at radius 1 is 1.19 bits per heavy atom. The lowest BCUT2D eigenvalue weighted by Gasteiger charge is -2.12. The van der Waals surface area contributed by atoms with Crippen molar-refractivity contribution >= 4 is 23.3 Å². The molecule has 134 valence electrons.